The summed E-state index contributed by atoms with van der Waals surface area (Å²) >= 11 is 6.98. The van der Waals surface area contributed by atoms with Gasteiger partial charge in [0.05, 0.1) is 19.6 Å². The first-order valence-corrected chi connectivity index (χ1v) is 12.1. The average molecular weight is 447 g/mol. The molecular formula is C25H35ClN2O3. The lowest BCUT2D eigenvalue weighted by Gasteiger charge is -2.60. The van der Waals surface area contributed by atoms with Gasteiger partial charge in [-0.3, -0.25) is 9.69 Å². The van der Waals surface area contributed by atoms with Gasteiger partial charge in [-0.25, -0.2) is 0 Å². The largest absolute Gasteiger partial charge is 0.493 e. The van der Waals surface area contributed by atoms with Crippen molar-refractivity contribution in [3.8, 4) is 11.5 Å². The van der Waals surface area contributed by atoms with Gasteiger partial charge in [0, 0.05) is 37.6 Å². The number of ether oxygens (including phenoxy) is 2. The van der Waals surface area contributed by atoms with E-state index in [0.717, 1.165) is 76.3 Å². The van der Waals surface area contributed by atoms with E-state index < -0.39 is 0 Å². The monoisotopic (exact) mass is 446 g/mol. The molecule has 4 aliphatic carbocycles. The summed E-state index contributed by atoms with van der Waals surface area (Å²) in [5.41, 5.74) is 2.29. The maximum Gasteiger partial charge on any atom is 0.228 e. The highest BCUT2D eigenvalue weighted by Gasteiger charge is 2.60. The van der Waals surface area contributed by atoms with E-state index in [9.17, 15) is 4.79 Å². The maximum absolute atomic E-state index is 13.7. The Balaban J connectivity index is 1.23. The zero-order valence-electron chi connectivity index (χ0n) is 19.1. The van der Waals surface area contributed by atoms with Gasteiger partial charge in [0.15, 0.2) is 11.5 Å². The predicted octanol–water partition coefficient (Wildman–Crippen LogP) is 4.23. The Morgan fingerprint density at radius 3 is 2.23 bits per heavy atom. The number of methoxy groups -OCH3 is 2. The summed E-state index contributed by atoms with van der Waals surface area (Å²) in [6, 6.07) is 4.13. The lowest BCUT2D eigenvalue weighted by Crippen LogP contribution is -2.61. The van der Waals surface area contributed by atoms with E-state index in [2.05, 4.69) is 22.8 Å². The molecule has 6 heteroatoms. The van der Waals surface area contributed by atoms with Crippen molar-refractivity contribution >= 4 is 17.5 Å². The highest BCUT2D eigenvalue weighted by molar-refractivity contribution is 6.24. The first-order chi connectivity index (χ1) is 14.8. The standard InChI is InChI=1S/C25H35ClN2O3/c1-17-8-21(30-2)22(31-3)10-20(17)15-27-4-6-28(7-5-27)23(29)24-11-18-9-19(12-24)14-25(26,13-18)16-24/h8,10,18-19H,4-7,9,11-16H2,1-3H3/t18-,19-,24?,25?/m0/s1. The number of nitrogens with zero attached hydrogens (tertiary/aromatic N) is 2. The van der Waals surface area contributed by atoms with Crippen LogP contribution in [0.25, 0.3) is 0 Å². The topological polar surface area (TPSA) is 42.0 Å². The molecule has 0 spiro atoms. The minimum Gasteiger partial charge on any atom is -0.493 e. The van der Waals surface area contributed by atoms with E-state index in [1.807, 2.05) is 6.07 Å². The van der Waals surface area contributed by atoms with Gasteiger partial charge in [0.1, 0.15) is 0 Å². The van der Waals surface area contributed by atoms with Crippen LogP contribution in [0.15, 0.2) is 12.1 Å². The molecular weight excluding hydrogens is 412 g/mol. The second-order valence-electron chi connectivity index (χ2n) is 10.6. The highest BCUT2D eigenvalue weighted by Crippen LogP contribution is 2.64. The molecule has 2 atom stereocenters. The zero-order valence-corrected chi connectivity index (χ0v) is 19.8. The number of benzene rings is 1. The molecule has 5 aliphatic rings. The normalized spacial score (nSPS) is 34.8. The summed E-state index contributed by atoms with van der Waals surface area (Å²) < 4.78 is 10.9. The van der Waals surface area contributed by atoms with Crippen molar-refractivity contribution in [2.24, 2.45) is 17.3 Å². The third-order valence-corrected chi connectivity index (χ3v) is 8.78. The van der Waals surface area contributed by atoms with Gasteiger partial charge in [-0.2, -0.15) is 0 Å². The number of hydrogen-bond donors (Lipinski definition) is 0. The van der Waals surface area contributed by atoms with Crippen LogP contribution in [0.3, 0.4) is 0 Å². The van der Waals surface area contributed by atoms with Gasteiger partial charge < -0.3 is 14.4 Å². The molecule has 5 nitrogen and oxygen atoms in total. The van der Waals surface area contributed by atoms with Gasteiger partial charge in [-0.15, -0.1) is 11.6 Å². The molecule has 5 fully saturated rings. The molecule has 1 heterocycles. The van der Waals surface area contributed by atoms with Gasteiger partial charge >= 0.3 is 0 Å². The molecule has 31 heavy (non-hydrogen) atoms. The Morgan fingerprint density at radius 2 is 1.65 bits per heavy atom. The quantitative estimate of drug-likeness (QED) is 0.634. The number of hydrogen-bond acceptors (Lipinski definition) is 4. The van der Waals surface area contributed by atoms with Crippen molar-refractivity contribution in [3.05, 3.63) is 23.3 Å². The molecule has 6 rings (SSSR count). The molecule has 4 saturated carbocycles. The molecule has 1 aliphatic heterocycles. The Labute approximate surface area is 191 Å². The molecule has 0 unspecified atom stereocenters. The molecule has 1 saturated heterocycles. The Hall–Kier alpha value is -1.46. The average Bonchev–Trinajstić information content (AvgIpc) is 2.73. The summed E-state index contributed by atoms with van der Waals surface area (Å²) in [6.07, 6.45) is 6.58. The second kappa shape index (κ2) is 7.84. The molecule has 1 aromatic carbocycles. The van der Waals surface area contributed by atoms with Crippen LogP contribution in [-0.4, -0.2) is 61.0 Å². The van der Waals surface area contributed by atoms with E-state index in [1.54, 1.807) is 14.2 Å². The summed E-state index contributed by atoms with van der Waals surface area (Å²) in [5.74, 6) is 3.27. The molecule has 1 aromatic rings. The number of carbonyl (C=O) groups excluding carboxylic acids is 1. The van der Waals surface area contributed by atoms with Crippen LogP contribution in [0.5, 0.6) is 11.5 Å². The number of aryl methyl sites for hydroxylation is 1. The Morgan fingerprint density at radius 1 is 1.03 bits per heavy atom. The third kappa shape index (κ3) is 3.82. The van der Waals surface area contributed by atoms with Crippen LogP contribution in [0.2, 0.25) is 0 Å². The summed E-state index contributed by atoms with van der Waals surface area (Å²) in [6.45, 7) is 6.44. The van der Waals surface area contributed by atoms with Crippen molar-refractivity contribution in [1.82, 2.24) is 9.80 Å². The highest BCUT2D eigenvalue weighted by atomic mass is 35.5. The molecule has 0 radical (unpaired) electrons. The lowest BCUT2D eigenvalue weighted by molar-refractivity contribution is -0.157. The third-order valence-electron chi connectivity index (χ3n) is 8.34. The first-order valence-electron chi connectivity index (χ1n) is 11.8. The molecule has 0 N–H and O–H groups in total. The minimum absolute atomic E-state index is 0.105. The van der Waals surface area contributed by atoms with E-state index in [0.29, 0.717) is 17.7 Å². The minimum atomic E-state index is -0.173. The van der Waals surface area contributed by atoms with Crippen molar-refractivity contribution < 1.29 is 14.3 Å². The fourth-order valence-corrected chi connectivity index (χ4v) is 7.97. The van der Waals surface area contributed by atoms with E-state index in [-0.39, 0.29) is 10.3 Å². The Bertz CT molecular complexity index is 851. The maximum atomic E-state index is 13.7. The number of piperazine rings is 1. The van der Waals surface area contributed by atoms with E-state index in [1.165, 1.54) is 17.5 Å². The van der Waals surface area contributed by atoms with Gasteiger partial charge in [-0.1, -0.05) is 0 Å². The van der Waals surface area contributed by atoms with Gasteiger partial charge in [-0.05, 0) is 80.5 Å². The van der Waals surface area contributed by atoms with Crippen molar-refractivity contribution in [3.63, 3.8) is 0 Å². The molecule has 170 valence electrons. The number of alkyl halides is 1. The fourth-order valence-electron chi connectivity index (χ4n) is 7.28. The van der Waals surface area contributed by atoms with Crippen LogP contribution in [0.1, 0.15) is 49.7 Å². The second-order valence-corrected chi connectivity index (χ2v) is 11.4. The van der Waals surface area contributed by atoms with Crippen molar-refractivity contribution in [2.45, 2.75) is 56.9 Å². The van der Waals surface area contributed by atoms with Crippen LogP contribution >= 0.6 is 11.6 Å². The smallest absolute Gasteiger partial charge is 0.228 e. The van der Waals surface area contributed by atoms with Crippen molar-refractivity contribution in [2.75, 3.05) is 40.4 Å². The van der Waals surface area contributed by atoms with Crippen LogP contribution in [-0.2, 0) is 11.3 Å². The van der Waals surface area contributed by atoms with E-state index in [4.69, 9.17) is 21.1 Å². The number of amides is 1. The predicted molar refractivity (Wildman–Crippen MR) is 122 cm³/mol. The number of halogens is 1. The molecule has 1 amide bonds. The van der Waals surface area contributed by atoms with Crippen LogP contribution in [0, 0.1) is 24.2 Å². The first kappa shape index (κ1) is 21.4. The number of carbonyl (C=O) groups is 1. The fraction of sp³-hybridized carbons (Fsp3) is 0.720. The summed E-state index contributed by atoms with van der Waals surface area (Å²) in [4.78, 5) is 18.2. The Kier molecular flexibility index (Phi) is 5.41. The summed E-state index contributed by atoms with van der Waals surface area (Å²) in [5, 5.41) is 0. The molecule has 4 bridgehead atoms. The number of rotatable bonds is 5. The van der Waals surface area contributed by atoms with Crippen LogP contribution in [0.4, 0.5) is 0 Å². The SMILES string of the molecule is COc1cc(C)c(CN2CCN(C(=O)C34C[C@@H]5C[C@H](CC(Cl)(C5)C3)C4)CC2)cc1OC. The summed E-state index contributed by atoms with van der Waals surface area (Å²) in [7, 11) is 3.35. The van der Waals surface area contributed by atoms with Crippen molar-refractivity contribution in [1.29, 1.82) is 0 Å². The van der Waals surface area contributed by atoms with E-state index >= 15 is 0 Å². The van der Waals surface area contributed by atoms with Crippen LogP contribution < -0.4 is 9.47 Å². The molecule has 0 aromatic heterocycles. The zero-order chi connectivity index (χ0) is 21.8. The van der Waals surface area contributed by atoms with Gasteiger partial charge in [0.2, 0.25) is 5.91 Å². The lowest BCUT2D eigenvalue weighted by atomic mass is 9.49. The van der Waals surface area contributed by atoms with Gasteiger partial charge in [0.25, 0.3) is 0 Å².